The Balaban J connectivity index is 2.43. The van der Waals surface area contributed by atoms with E-state index in [-0.39, 0.29) is 0 Å². The minimum Gasteiger partial charge on any atom is -0.231 e. The molecule has 0 atom stereocenters. The number of aromatic nitrogens is 3. The maximum atomic E-state index is 5.97. The van der Waals surface area contributed by atoms with Crippen molar-refractivity contribution in [1.82, 2.24) is 15.2 Å². The molecule has 2 rings (SSSR count). The summed E-state index contributed by atoms with van der Waals surface area (Å²) in [5.41, 5.74) is 1.57. The van der Waals surface area contributed by atoms with Gasteiger partial charge in [0.2, 0.25) is 0 Å². The van der Waals surface area contributed by atoms with Crippen LogP contribution >= 0.6 is 11.6 Å². The number of nitrogens with one attached hydrogen (secondary N) is 1. The smallest absolute Gasteiger partial charge is 0.231 e. The highest BCUT2D eigenvalue weighted by atomic mass is 35.5. The van der Waals surface area contributed by atoms with E-state index in [1.807, 2.05) is 43.7 Å². The predicted octanol–water partition coefficient (Wildman–Crippen LogP) is 0.122. The summed E-state index contributed by atoms with van der Waals surface area (Å²) >= 11 is 5.97. The Hall–Kier alpha value is -1.82. The van der Waals surface area contributed by atoms with Crippen LogP contribution in [0.1, 0.15) is 0 Å². The highest BCUT2D eigenvalue weighted by molar-refractivity contribution is 6.31. The van der Waals surface area contributed by atoms with Gasteiger partial charge >= 0.3 is 6.02 Å². The zero-order valence-electron chi connectivity index (χ0n) is 10.8. The van der Waals surface area contributed by atoms with E-state index in [2.05, 4.69) is 10.3 Å². The third-order valence-corrected chi connectivity index (χ3v) is 2.59. The summed E-state index contributed by atoms with van der Waals surface area (Å²) in [6.07, 6.45) is 0. The van der Waals surface area contributed by atoms with Gasteiger partial charge in [0.25, 0.3) is 11.0 Å². The van der Waals surface area contributed by atoms with Crippen molar-refractivity contribution >= 4 is 28.7 Å². The number of hydrogen-bond acceptors (Lipinski definition) is 2. The molecule has 0 aliphatic carbocycles. The first-order valence-electron chi connectivity index (χ1n) is 5.44. The zero-order valence-corrected chi connectivity index (χ0v) is 11.6. The first kappa shape index (κ1) is 12.6. The monoisotopic (exact) mass is 269 g/mol. The molecule has 0 bridgehead atoms. The van der Waals surface area contributed by atoms with Crippen molar-refractivity contribution in [2.24, 2.45) is 0 Å². The van der Waals surface area contributed by atoms with E-state index in [0.717, 1.165) is 11.0 Å². The lowest BCUT2D eigenvalue weighted by Gasteiger charge is -2.06. The van der Waals surface area contributed by atoms with Crippen LogP contribution in [-0.2, 0) is 0 Å². The van der Waals surface area contributed by atoms with Crippen LogP contribution in [0.3, 0.4) is 0 Å². The van der Waals surface area contributed by atoms with Gasteiger partial charge in [-0.05, 0) is 17.3 Å². The molecule has 96 valence electrons. The van der Waals surface area contributed by atoms with Gasteiger partial charge in [-0.1, -0.05) is 11.6 Å². The maximum Gasteiger partial charge on any atom is 0.491 e. The van der Waals surface area contributed by atoms with Crippen molar-refractivity contribution in [3.63, 3.8) is 0 Å². The lowest BCUT2D eigenvalue weighted by Crippen LogP contribution is -2.54. The molecule has 6 nitrogen and oxygen atoms in total. The van der Waals surface area contributed by atoms with E-state index in [1.54, 1.807) is 12.1 Å². The fraction of sp³-hybridized carbons (Fsp3) is 0.364. The number of rotatable bonds is 1. The van der Waals surface area contributed by atoms with Crippen LogP contribution in [0.4, 0.5) is 0 Å². The van der Waals surface area contributed by atoms with Crippen LogP contribution in [0, 0.1) is 0 Å². The average Bonchev–Trinajstić information content (AvgIpc) is 2.67. The molecule has 0 saturated heterocycles. The molecule has 0 fully saturated rings. The van der Waals surface area contributed by atoms with Gasteiger partial charge in [0, 0.05) is 21.0 Å². The van der Waals surface area contributed by atoms with E-state index in [9.17, 15) is 0 Å². The fourth-order valence-corrected chi connectivity index (χ4v) is 1.79. The average molecular weight is 270 g/mol. The summed E-state index contributed by atoms with van der Waals surface area (Å²) in [6, 6.07) is 6.09. The lowest BCUT2D eigenvalue weighted by molar-refractivity contribution is -0.899. The summed E-state index contributed by atoms with van der Waals surface area (Å²) < 4.78 is 1.87. The van der Waals surface area contributed by atoms with Gasteiger partial charge in [-0.25, -0.2) is 9.48 Å². The molecule has 0 radical (unpaired) electrons. The molecule has 2 aromatic rings. The van der Waals surface area contributed by atoms with Crippen LogP contribution in [0.25, 0.3) is 11.0 Å². The summed E-state index contributed by atoms with van der Waals surface area (Å²) in [5.74, 6) is 0. The second-order valence-corrected chi connectivity index (χ2v) is 4.74. The van der Waals surface area contributed by atoms with Gasteiger partial charge in [0.1, 0.15) is 0 Å². The molecular weight excluding hydrogens is 254 g/mol. The zero-order chi connectivity index (χ0) is 13.3. The van der Waals surface area contributed by atoms with Crippen LogP contribution in [0.15, 0.2) is 18.2 Å². The first-order chi connectivity index (χ1) is 8.49. The number of amidine groups is 1. The second kappa shape index (κ2) is 4.81. The topological polar surface area (TPSA) is 48.0 Å². The molecule has 0 aliphatic rings. The summed E-state index contributed by atoms with van der Waals surface area (Å²) in [7, 11) is 7.62. The number of fused-ring (bicyclic) bond motifs is 1. The van der Waals surface area contributed by atoms with E-state index in [4.69, 9.17) is 16.4 Å². The number of H-pyrrole nitrogens is 1. The van der Waals surface area contributed by atoms with Crippen molar-refractivity contribution in [1.29, 1.82) is 0 Å². The molecule has 1 heterocycles. The fourth-order valence-electron chi connectivity index (χ4n) is 1.62. The van der Waals surface area contributed by atoms with Gasteiger partial charge < -0.3 is 0 Å². The normalized spacial score (nSPS) is 10.5. The Bertz CT molecular complexity index is 600. The highest BCUT2D eigenvalue weighted by Crippen LogP contribution is 2.13. The first-order valence-corrected chi connectivity index (χ1v) is 5.82. The van der Waals surface area contributed by atoms with E-state index in [1.165, 1.54) is 4.85 Å². The third kappa shape index (κ3) is 2.38. The highest BCUT2D eigenvalue weighted by Gasteiger charge is 2.22. The molecule has 18 heavy (non-hydrogen) atoms. The van der Waals surface area contributed by atoms with Crippen LogP contribution in [0.2, 0.25) is 5.02 Å². The molecule has 0 spiro atoms. The molecule has 0 unspecified atom stereocenters. The van der Waals surface area contributed by atoms with Crippen molar-refractivity contribution in [2.45, 2.75) is 0 Å². The molecule has 0 amide bonds. The Kier molecular flexibility index (Phi) is 3.38. The van der Waals surface area contributed by atoms with Crippen molar-refractivity contribution in [3.8, 4) is 0 Å². The minimum atomic E-state index is 0.637. The number of benzene rings is 1. The standard InChI is InChI=1S/C11H15ClN5O/c1-15(2)11(16(3)4)18-17-10-7-8(12)5-6-9(10)13-14-17/h5-7H,1-4H3/q+1/p+1. The molecule has 0 saturated carbocycles. The van der Waals surface area contributed by atoms with Crippen LogP contribution in [-0.4, -0.2) is 54.0 Å². The molecule has 7 heteroatoms. The Morgan fingerprint density at radius 3 is 2.78 bits per heavy atom. The molecular formula is C11H16ClN5O+2. The molecule has 0 aliphatic heterocycles. The number of aromatic amines is 1. The number of nitrogens with zero attached hydrogens (tertiary/aromatic N) is 4. The Morgan fingerprint density at radius 1 is 1.44 bits per heavy atom. The lowest BCUT2D eigenvalue weighted by atomic mass is 10.3. The van der Waals surface area contributed by atoms with E-state index >= 15 is 0 Å². The predicted molar refractivity (Wildman–Crippen MR) is 68.7 cm³/mol. The Morgan fingerprint density at radius 2 is 2.17 bits per heavy atom. The molecule has 1 aromatic heterocycles. The summed E-state index contributed by atoms with van der Waals surface area (Å²) in [4.78, 5) is 9.10. The van der Waals surface area contributed by atoms with Crippen molar-refractivity contribution in [2.75, 3.05) is 28.2 Å². The SMILES string of the molecule is CN(C)C(O[n+]1[nH]nc2ccc(Cl)cc21)=[N+](C)C. The van der Waals surface area contributed by atoms with Gasteiger partial charge in [0.15, 0.2) is 0 Å². The van der Waals surface area contributed by atoms with Crippen LogP contribution in [0.5, 0.6) is 0 Å². The van der Waals surface area contributed by atoms with Gasteiger partial charge in [0.05, 0.1) is 28.2 Å². The van der Waals surface area contributed by atoms with E-state index in [0.29, 0.717) is 11.0 Å². The van der Waals surface area contributed by atoms with Gasteiger partial charge in [-0.3, -0.25) is 0 Å². The second-order valence-electron chi connectivity index (χ2n) is 4.30. The maximum absolute atomic E-state index is 5.97. The van der Waals surface area contributed by atoms with E-state index < -0.39 is 0 Å². The molecule has 1 N–H and O–H groups in total. The molecule has 1 aromatic carbocycles. The van der Waals surface area contributed by atoms with Crippen molar-refractivity contribution in [3.05, 3.63) is 23.2 Å². The van der Waals surface area contributed by atoms with Crippen LogP contribution < -0.4 is 9.68 Å². The number of halogens is 1. The summed E-state index contributed by atoms with van der Waals surface area (Å²) in [6.45, 7) is 0. The summed E-state index contributed by atoms with van der Waals surface area (Å²) in [5, 5.41) is 7.56. The van der Waals surface area contributed by atoms with Gasteiger partial charge in [-0.15, -0.1) is 0 Å². The van der Waals surface area contributed by atoms with Crippen molar-refractivity contribution < 1.29 is 14.3 Å². The van der Waals surface area contributed by atoms with Gasteiger partial charge in [-0.2, -0.15) is 4.84 Å². The third-order valence-electron chi connectivity index (χ3n) is 2.36. The number of hydrogen-bond donors (Lipinski definition) is 1. The quantitative estimate of drug-likeness (QED) is 0.455. The minimum absolute atomic E-state index is 0.637. The Labute approximate surface area is 110 Å². The largest absolute Gasteiger partial charge is 0.491 e.